The maximum Gasteiger partial charge on any atom is 0.416 e. The van der Waals surface area contributed by atoms with Crippen LogP contribution in [0.4, 0.5) is 13.2 Å². The number of aromatic nitrogens is 2. The minimum atomic E-state index is -4.38. The number of benzene rings is 2. The molecule has 0 aliphatic carbocycles. The minimum absolute atomic E-state index is 0.412. The van der Waals surface area contributed by atoms with Gasteiger partial charge in [-0.25, -0.2) is 4.98 Å². The van der Waals surface area contributed by atoms with Gasteiger partial charge in [0.1, 0.15) is 11.9 Å². The predicted molar refractivity (Wildman–Crippen MR) is 117 cm³/mol. The minimum Gasteiger partial charge on any atom is -0.370 e. The molecular weight excluding hydrogens is 419 g/mol. The van der Waals surface area contributed by atoms with Crippen LogP contribution in [0.2, 0.25) is 0 Å². The third kappa shape index (κ3) is 5.21. The summed E-state index contributed by atoms with van der Waals surface area (Å²) in [5.74, 6) is 1.60. The Balaban J connectivity index is 1.44. The zero-order chi connectivity index (χ0) is 22.6. The summed E-state index contributed by atoms with van der Waals surface area (Å²) in [5.41, 5.74) is 1.77. The molecule has 2 N–H and O–H groups in total. The third-order valence-electron chi connectivity index (χ3n) is 5.34. The van der Waals surface area contributed by atoms with Crippen LogP contribution in [-0.2, 0) is 17.3 Å². The van der Waals surface area contributed by atoms with Crippen molar-refractivity contribution < 1.29 is 17.9 Å². The van der Waals surface area contributed by atoms with Crippen LogP contribution in [-0.4, -0.2) is 53.6 Å². The van der Waals surface area contributed by atoms with Crippen LogP contribution in [0.25, 0.3) is 11.0 Å². The van der Waals surface area contributed by atoms with Crippen molar-refractivity contribution in [2.24, 2.45) is 4.99 Å². The topological polar surface area (TPSA) is 65.5 Å². The lowest BCUT2D eigenvalue weighted by Gasteiger charge is -2.35. The van der Waals surface area contributed by atoms with Crippen LogP contribution in [0.1, 0.15) is 30.0 Å². The number of guanidine groups is 1. The number of aromatic amines is 1. The van der Waals surface area contributed by atoms with E-state index in [1.807, 2.05) is 36.1 Å². The molecule has 170 valence electrons. The van der Waals surface area contributed by atoms with Crippen LogP contribution in [0.3, 0.4) is 0 Å². The van der Waals surface area contributed by atoms with E-state index in [-0.39, 0.29) is 0 Å². The number of rotatable bonds is 5. The van der Waals surface area contributed by atoms with Gasteiger partial charge in [0.05, 0.1) is 29.7 Å². The number of H-pyrrole nitrogens is 1. The van der Waals surface area contributed by atoms with Gasteiger partial charge in [0, 0.05) is 26.1 Å². The summed E-state index contributed by atoms with van der Waals surface area (Å²) < 4.78 is 45.1. The second-order valence-electron chi connectivity index (χ2n) is 7.61. The molecule has 1 saturated heterocycles. The molecule has 9 heteroatoms. The van der Waals surface area contributed by atoms with Gasteiger partial charge >= 0.3 is 6.18 Å². The summed E-state index contributed by atoms with van der Waals surface area (Å²) in [6.07, 6.45) is -4.17. The number of ether oxygens (including phenoxy) is 1. The van der Waals surface area contributed by atoms with Crippen molar-refractivity contribution in [2.45, 2.75) is 25.6 Å². The van der Waals surface area contributed by atoms with Gasteiger partial charge < -0.3 is 19.9 Å². The first-order valence-corrected chi connectivity index (χ1v) is 10.7. The first-order valence-electron chi connectivity index (χ1n) is 10.7. The highest BCUT2D eigenvalue weighted by molar-refractivity contribution is 5.80. The molecule has 1 unspecified atom stereocenters. The average molecular weight is 445 g/mol. The number of fused-ring (bicyclic) bond motifs is 1. The number of para-hydroxylation sites is 2. The lowest BCUT2D eigenvalue weighted by molar-refractivity contribution is -0.137. The zero-order valence-corrected chi connectivity index (χ0v) is 17.8. The molecule has 1 atom stereocenters. The number of nitrogens with one attached hydrogen (secondary N) is 2. The van der Waals surface area contributed by atoms with Crippen LogP contribution < -0.4 is 5.32 Å². The summed E-state index contributed by atoms with van der Waals surface area (Å²) in [7, 11) is 0. The maximum absolute atomic E-state index is 13.1. The van der Waals surface area contributed by atoms with Gasteiger partial charge in [-0.1, -0.05) is 24.3 Å². The van der Waals surface area contributed by atoms with Crippen molar-refractivity contribution in [1.29, 1.82) is 0 Å². The van der Waals surface area contributed by atoms with E-state index in [1.165, 1.54) is 12.1 Å². The molecule has 32 heavy (non-hydrogen) atoms. The molecule has 0 saturated carbocycles. The zero-order valence-electron chi connectivity index (χ0n) is 17.8. The van der Waals surface area contributed by atoms with E-state index in [1.54, 1.807) is 6.07 Å². The van der Waals surface area contributed by atoms with Crippen molar-refractivity contribution in [3.63, 3.8) is 0 Å². The highest BCUT2D eigenvalue weighted by atomic mass is 19.4. The lowest BCUT2D eigenvalue weighted by Crippen LogP contribution is -2.48. The molecule has 4 rings (SSSR count). The molecule has 1 aromatic heterocycles. The normalized spacial score (nSPS) is 17.7. The van der Waals surface area contributed by atoms with E-state index in [0.717, 1.165) is 28.9 Å². The van der Waals surface area contributed by atoms with Crippen molar-refractivity contribution in [3.8, 4) is 0 Å². The molecule has 0 amide bonds. The lowest BCUT2D eigenvalue weighted by atomic mass is 10.0. The van der Waals surface area contributed by atoms with E-state index in [0.29, 0.717) is 44.8 Å². The summed E-state index contributed by atoms with van der Waals surface area (Å²) >= 11 is 0. The smallest absolute Gasteiger partial charge is 0.370 e. The average Bonchev–Trinajstić information content (AvgIpc) is 3.21. The number of hydrogen-bond acceptors (Lipinski definition) is 3. The van der Waals surface area contributed by atoms with Gasteiger partial charge in [-0.15, -0.1) is 0 Å². The summed E-state index contributed by atoms with van der Waals surface area (Å²) in [4.78, 5) is 14.6. The first-order chi connectivity index (χ1) is 15.4. The van der Waals surface area contributed by atoms with Crippen molar-refractivity contribution >= 4 is 17.0 Å². The first kappa shape index (κ1) is 22.1. The van der Waals surface area contributed by atoms with E-state index >= 15 is 0 Å². The Hall–Kier alpha value is -3.07. The highest BCUT2D eigenvalue weighted by Crippen LogP contribution is 2.32. The van der Waals surface area contributed by atoms with E-state index in [2.05, 4.69) is 15.3 Å². The highest BCUT2D eigenvalue weighted by Gasteiger charge is 2.32. The van der Waals surface area contributed by atoms with Gasteiger partial charge in [-0.05, 0) is 36.8 Å². The number of imidazole rings is 1. The van der Waals surface area contributed by atoms with Gasteiger partial charge in [0.25, 0.3) is 0 Å². The second kappa shape index (κ2) is 9.60. The molecule has 1 aliphatic heterocycles. The van der Waals surface area contributed by atoms with Crippen LogP contribution in [0.5, 0.6) is 0 Å². The van der Waals surface area contributed by atoms with E-state index in [9.17, 15) is 13.2 Å². The fourth-order valence-electron chi connectivity index (χ4n) is 3.78. The molecule has 1 fully saturated rings. The largest absolute Gasteiger partial charge is 0.416 e. The Kier molecular flexibility index (Phi) is 6.64. The number of alkyl halides is 3. The van der Waals surface area contributed by atoms with Gasteiger partial charge in [0.15, 0.2) is 5.96 Å². The quantitative estimate of drug-likeness (QED) is 0.457. The predicted octanol–water partition coefficient (Wildman–Crippen LogP) is 4.16. The third-order valence-corrected chi connectivity index (χ3v) is 5.34. The van der Waals surface area contributed by atoms with Crippen molar-refractivity contribution in [1.82, 2.24) is 20.2 Å². The molecule has 6 nitrogen and oxygen atoms in total. The van der Waals surface area contributed by atoms with Crippen molar-refractivity contribution in [3.05, 3.63) is 65.5 Å². The standard InChI is InChI=1S/C23H26F3N5O/c1-2-27-22(28-11-10-21-29-18-8-3-4-9-19(18)30-21)31-12-13-32-20(15-31)16-6-5-7-17(14-16)23(24,25)26/h3-9,14,20H,2,10-13,15H2,1H3,(H,27,28)(H,29,30). The molecule has 2 aromatic carbocycles. The molecule has 0 radical (unpaired) electrons. The summed E-state index contributed by atoms with van der Waals surface area (Å²) in [5, 5.41) is 3.28. The van der Waals surface area contributed by atoms with Crippen molar-refractivity contribution in [2.75, 3.05) is 32.8 Å². The SMILES string of the molecule is CCNC(=NCCc1nc2ccccc2[nH]1)N1CCOC(c2cccc(C(F)(F)F)c2)C1. The van der Waals surface area contributed by atoms with Crippen LogP contribution in [0.15, 0.2) is 53.5 Å². The molecule has 0 bridgehead atoms. The maximum atomic E-state index is 13.1. The monoisotopic (exact) mass is 445 g/mol. The fourth-order valence-corrected chi connectivity index (χ4v) is 3.78. The molecule has 3 aromatic rings. The fraction of sp³-hybridized carbons (Fsp3) is 0.391. The van der Waals surface area contributed by atoms with E-state index < -0.39 is 17.8 Å². The van der Waals surface area contributed by atoms with Gasteiger partial charge in [-0.2, -0.15) is 13.2 Å². The molecular formula is C23H26F3N5O. The van der Waals surface area contributed by atoms with Gasteiger partial charge in [-0.3, -0.25) is 4.99 Å². The Labute approximate surface area is 184 Å². The molecule has 1 aliphatic rings. The Bertz CT molecular complexity index is 1050. The number of morpholine rings is 1. The second-order valence-corrected chi connectivity index (χ2v) is 7.61. The number of aliphatic imine (C=N–C) groups is 1. The Morgan fingerprint density at radius 1 is 1.25 bits per heavy atom. The Morgan fingerprint density at radius 3 is 2.88 bits per heavy atom. The van der Waals surface area contributed by atoms with E-state index in [4.69, 9.17) is 9.73 Å². The number of halogens is 3. The number of hydrogen-bond donors (Lipinski definition) is 2. The van der Waals surface area contributed by atoms with Crippen LogP contribution >= 0.6 is 0 Å². The van der Waals surface area contributed by atoms with Crippen LogP contribution in [0, 0.1) is 0 Å². The summed E-state index contributed by atoms with van der Waals surface area (Å²) in [6, 6.07) is 13.2. The van der Waals surface area contributed by atoms with Gasteiger partial charge in [0.2, 0.25) is 0 Å². The molecule has 0 spiro atoms. The number of nitrogens with zero attached hydrogens (tertiary/aromatic N) is 3. The molecule has 2 heterocycles. The summed E-state index contributed by atoms with van der Waals surface area (Å²) in [6.45, 7) is 4.67. The Morgan fingerprint density at radius 2 is 2.09 bits per heavy atom.